The number of anilines is 1. The molecule has 2 saturated heterocycles. The number of hydrogen-bond acceptors (Lipinski definition) is 3. The first-order valence-corrected chi connectivity index (χ1v) is 10.4. The summed E-state index contributed by atoms with van der Waals surface area (Å²) >= 11 is 0. The van der Waals surface area contributed by atoms with Crippen LogP contribution in [0.4, 0.5) is 10.1 Å². The van der Waals surface area contributed by atoms with Gasteiger partial charge in [0.1, 0.15) is 5.82 Å². The van der Waals surface area contributed by atoms with Crippen molar-refractivity contribution in [1.29, 1.82) is 0 Å². The Kier molecular flexibility index (Phi) is 4.31. The molecule has 2 aromatic rings. The summed E-state index contributed by atoms with van der Waals surface area (Å²) in [6.45, 7) is 3.09. The van der Waals surface area contributed by atoms with Crippen molar-refractivity contribution in [2.75, 3.05) is 24.5 Å². The van der Waals surface area contributed by atoms with E-state index in [0.717, 1.165) is 17.3 Å². The Hall–Kier alpha value is -2.25. The van der Waals surface area contributed by atoms with Gasteiger partial charge < -0.3 is 4.90 Å². The lowest BCUT2D eigenvalue weighted by molar-refractivity contribution is -0.117. The maximum Gasteiger partial charge on any atom is 0.243 e. The van der Waals surface area contributed by atoms with E-state index < -0.39 is 15.8 Å². The van der Waals surface area contributed by atoms with E-state index in [1.807, 2.05) is 31.2 Å². The number of nitrogens with zero attached hydrogens (tertiary/aromatic N) is 2. The minimum Gasteiger partial charge on any atom is -0.312 e. The lowest BCUT2D eigenvalue weighted by Crippen LogP contribution is -2.34. The standard InChI is InChI=1S/C20H21FN2O3S/c1-15-5-2-3-8-18(15)23-14-20(12-19(23)24)9-10-22(13-20)27(25,26)17-7-4-6-16(21)11-17/h2-8,11H,9-10,12-14H2,1H3/t20-/m1/s1. The highest BCUT2D eigenvalue weighted by Gasteiger charge is 2.50. The largest absolute Gasteiger partial charge is 0.312 e. The zero-order valence-electron chi connectivity index (χ0n) is 15.1. The maximum absolute atomic E-state index is 13.5. The first kappa shape index (κ1) is 18.1. The maximum atomic E-state index is 13.5. The highest BCUT2D eigenvalue weighted by Crippen LogP contribution is 2.43. The molecule has 2 aliphatic rings. The number of sulfonamides is 1. The Bertz CT molecular complexity index is 1010. The van der Waals surface area contributed by atoms with Crippen LogP contribution >= 0.6 is 0 Å². The predicted molar refractivity (Wildman–Crippen MR) is 100 cm³/mol. The normalized spacial score (nSPS) is 23.5. The van der Waals surface area contributed by atoms with Gasteiger partial charge in [0.25, 0.3) is 0 Å². The second-order valence-corrected chi connectivity index (χ2v) is 9.43. The van der Waals surface area contributed by atoms with E-state index in [9.17, 15) is 17.6 Å². The molecule has 0 aliphatic carbocycles. The summed E-state index contributed by atoms with van der Waals surface area (Å²) in [7, 11) is -3.77. The van der Waals surface area contributed by atoms with E-state index in [-0.39, 0.29) is 22.8 Å². The van der Waals surface area contributed by atoms with Crippen molar-refractivity contribution in [1.82, 2.24) is 4.31 Å². The molecule has 7 heteroatoms. The molecule has 1 spiro atoms. The fourth-order valence-corrected chi connectivity index (χ4v) is 5.72. The van der Waals surface area contributed by atoms with Gasteiger partial charge in [-0.1, -0.05) is 24.3 Å². The van der Waals surface area contributed by atoms with Crippen LogP contribution in [0.2, 0.25) is 0 Å². The van der Waals surface area contributed by atoms with Crippen LogP contribution in [0.15, 0.2) is 53.4 Å². The summed E-state index contributed by atoms with van der Waals surface area (Å²) < 4.78 is 40.6. The van der Waals surface area contributed by atoms with Crippen LogP contribution in [0.3, 0.4) is 0 Å². The molecule has 0 unspecified atom stereocenters. The second-order valence-electron chi connectivity index (χ2n) is 7.49. The van der Waals surface area contributed by atoms with Gasteiger partial charge in [-0.3, -0.25) is 4.79 Å². The molecule has 1 amide bonds. The molecule has 0 N–H and O–H groups in total. The number of aryl methyl sites for hydroxylation is 1. The molecule has 2 heterocycles. The van der Waals surface area contributed by atoms with Crippen LogP contribution in [-0.2, 0) is 14.8 Å². The molecular weight excluding hydrogens is 367 g/mol. The molecule has 2 fully saturated rings. The van der Waals surface area contributed by atoms with Crippen molar-refractivity contribution in [2.24, 2.45) is 5.41 Å². The van der Waals surface area contributed by atoms with Crippen LogP contribution in [0.5, 0.6) is 0 Å². The van der Waals surface area contributed by atoms with Gasteiger partial charge in [-0.2, -0.15) is 4.31 Å². The van der Waals surface area contributed by atoms with Crippen LogP contribution in [0.1, 0.15) is 18.4 Å². The van der Waals surface area contributed by atoms with E-state index in [2.05, 4.69) is 0 Å². The minimum absolute atomic E-state index is 0.0225. The predicted octanol–water partition coefficient (Wildman–Crippen LogP) is 2.95. The van der Waals surface area contributed by atoms with Gasteiger partial charge >= 0.3 is 0 Å². The SMILES string of the molecule is Cc1ccccc1N1C[C@]2(CCN(S(=O)(=O)c3cccc(F)c3)C2)CC1=O. The van der Waals surface area contributed by atoms with Crippen LogP contribution in [-0.4, -0.2) is 38.3 Å². The summed E-state index contributed by atoms with van der Waals surface area (Å²) in [4.78, 5) is 14.4. The van der Waals surface area contributed by atoms with Crippen LogP contribution in [0, 0.1) is 18.2 Å². The molecule has 0 bridgehead atoms. The Morgan fingerprint density at radius 3 is 2.59 bits per heavy atom. The van der Waals surface area contributed by atoms with E-state index >= 15 is 0 Å². The summed E-state index contributed by atoms with van der Waals surface area (Å²) in [6.07, 6.45) is 0.951. The molecule has 5 nitrogen and oxygen atoms in total. The Labute approximate surface area is 158 Å². The number of carbonyl (C=O) groups excluding carboxylic acids is 1. The summed E-state index contributed by atoms with van der Waals surface area (Å²) in [5, 5.41) is 0. The summed E-state index contributed by atoms with van der Waals surface area (Å²) in [5.74, 6) is -0.555. The van der Waals surface area contributed by atoms with Crippen molar-refractivity contribution in [3.05, 3.63) is 59.9 Å². The van der Waals surface area contributed by atoms with E-state index in [4.69, 9.17) is 0 Å². The molecule has 142 valence electrons. The smallest absolute Gasteiger partial charge is 0.243 e. The zero-order valence-corrected chi connectivity index (χ0v) is 15.9. The fourth-order valence-electron chi connectivity index (χ4n) is 4.13. The molecule has 0 radical (unpaired) electrons. The molecule has 2 aromatic carbocycles. The minimum atomic E-state index is -3.77. The molecule has 4 rings (SSSR count). The van der Waals surface area contributed by atoms with E-state index in [1.54, 1.807) is 4.90 Å². The highest BCUT2D eigenvalue weighted by atomic mass is 32.2. The number of benzene rings is 2. The summed E-state index contributed by atoms with van der Waals surface area (Å²) in [6, 6.07) is 12.8. The molecule has 0 aromatic heterocycles. The third-order valence-electron chi connectivity index (χ3n) is 5.56. The third kappa shape index (κ3) is 3.15. The fraction of sp³-hybridized carbons (Fsp3) is 0.350. The van der Waals surface area contributed by atoms with Crippen molar-refractivity contribution in [2.45, 2.75) is 24.7 Å². The molecule has 2 aliphatic heterocycles. The van der Waals surface area contributed by atoms with Gasteiger partial charge in [-0.25, -0.2) is 12.8 Å². The van der Waals surface area contributed by atoms with Gasteiger partial charge in [0, 0.05) is 37.2 Å². The van der Waals surface area contributed by atoms with E-state index in [0.29, 0.717) is 25.9 Å². The third-order valence-corrected chi connectivity index (χ3v) is 7.41. The van der Waals surface area contributed by atoms with E-state index in [1.165, 1.54) is 22.5 Å². The van der Waals surface area contributed by atoms with Gasteiger partial charge in [0.2, 0.25) is 15.9 Å². The molecule has 0 saturated carbocycles. The first-order chi connectivity index (χ1) is 12.8. The van der Waals surface area contributed by atoms with Crippen molar-refractivity contribution < 1.29 is 17.6 Å². The average Bonchev–Trinajstić information content (AvgIpc) is 3.19. The lowest BCUT2D eigenvalue weighted by Gasteiger charge is -2.25. The number of rotatable bonds is 3. The van der Waals surface area contributed by atoms with Gasteiger partial charge in [-0.15, -0.1) is 0 Å². The van der Waals surface area contributed by atoms with Gasteiger partial charge in [0.05, 0.1) is 4.90 Å². The highest BCUT2D eigenvalue weighted by molar-refractivity contribution is 7.89. The summed E-state index contributed by atoms with van der Waals surface area (Å²) in [5.41, 5.74) is 1.51. The number of hydrogen-bond donors (Lipinski definition) is 0. The van der Waals surface area contributed by atoms with Gasteiger partial charge in [0.15, 0.2) is 0 Å². The number of para-hydroxylation sites is 1. The Morgan fingerprint density at radius 1 is 1.07 bits per heavy atom. The molecule has 27 heavy (non-hydrogen) atoms. The topological polar surface area (TPSA) is 57.7 Å². The van der Waals surface area contributed by atoms with Crippen LogP contribution < -0.4 is 4.90 Å². The Balaban J connectivity index is 1.58. The Morgan fingerprint density at radius 2 is 1.85 bits per heavy atom. The number of amides is 1. The van der Waals surface area contributed by atoms with Crippen molar-refractivity contribution in [3.8, 4) is 0 Å². The average molecular weight is 388 g/mol. The second kappa shape index (κ2) is 6.42. The molecule has 1 atom stereocenters. The lowest BCUT2D eigenvalue weighted by atomic mass is 9.86. The van der Waals surface area contributed by atoms with Crippen LogP contribution in [0.25, 0.3) is 0 Å². The van der Waals surface area contributed by atoms with Crippen molar-refractivity contribution >= 4 is 21.6 Å². The van der Waals surface area contributed by atoms with Gasteiger partial charge in [-0.05, 0) is 43.2 Å². The monoisotopic (exact) mass is 388 g/mol. The number of carbonyl (C=O) groups is 1. The quantitative estimate of drug-likeness (QED) is 0.812. The zero-order chi connectivity index (χ0) is 19.2. The molecular formula is C20H21FN2O3S. The van der Waals surface area contributed by atoms with Crippen molar-refractivity contribution in [3.63, 3.8) is 0 Å². The number of halogens is 1. The first-order valence-electron chi connectivity index (χ1n) is 8.93.